The summed E-state index contributed by atoms with van der Waals surface area (Å²) in [5.41, 5.74) is 1.26. The molecule has 3 aromatic rings. The first-order valence-corrected chi connectivity index (χ1v) is 9.63. The van der Waals surface area contributed by atoms with Crippen molar-refractivity contribution in [2.75, 3.05) is 10.6 Å². The number of carbonyl (C=O) groups is 2. The summed E-state index contributed by atoms with van der Waals surface area (Å²) in [6.07, 6.45) is -0.163. The van der Waals surface area contributed by atoms with E-state index >= 15 is 0 Å². The van der Waals surface area contributed by atoms with Crippen molar-refractivity contribution in [2.24, 2.45) is 0 Å². The van der Waals surface area contributed by atoms with Gasteiger partial charge in [0.1, 0.15) is 0 Å². The lowest BCUT2D eigenvalue weighted by Gasteiger charge is -2.06. The number of nitrogens with one attached hydrogen (secondary N) is 2. The fourth-order valence-electron chi connectivity index (χ4n) is 2.14. The van der Waals surface area contributed by atoms with E-state index in [1.54, 1.807) is 11.4 Å². The molecule has 0 unspecified atom stereocenters. The van der Waals surface area contributed by atoms with Gasteiger partial charge in [0, 0.05) is 16.8 Å². The van der Waals surface area contributed by atoms with Crippen molar-refractivity contribution < 1.29 is 14.7 Å². The molecule has 2 aromatic heterocycles. The molecule has 6 nitrogen and oxygen atoms in total. The van der Waals surface area contributed by atoms with Crippen LogP contribution in [0.2, 0.25) is 5.02 Å². The average Bonchev–Trinajstić information content (AvgIpc) is 3.23. The Morgan fingerprint density at radius 2 is 2.00 bits per heavy atom. The highest BCUT2D eigenvalue weighted by molar-refractivity contribution is 7.15. The lowest BCUT2D eigenvalue weighted by atomic mass is 10.3. The topological polar surface area (TPSA) is 91.3 Å². The highest BCUT2D eigenvalue weighted by Gasteiger charge is 2.13. The Labute approximate surface area is 162 Å². The molecule has 1 aromatic carbocycles. The van der Waals surface area contributed by atoms with Crippen molar-refractivity contribution >= 4 is 57.0 Å². The molecule has 1 amide bonds. The van der Waals surface area contributed by atoms with Crippen molar-refractivity contribution in [1.29, 1.82) is 0 Å². The second kappa shape index (κ2) is 8.31. The number of benzene rings is 1. The molecular weight excluding hydrogens is 394 g/mol. The van der Waals surface area contributed by atoms with Crippen LogP contribution >= 0.6 is 34.3 Å². The fraction of sp³-hybridized carbons (Fsp3) is 0.118. The molecule has 3 rings (SSSR count). The van der Waals surface area contributed by atoms with Crippen molar-refractivity contribution in [3.63, 3.8) is 0 Å². The quantitative estimate of drug-likeness (QED) is 0.541. The van der Waals surface area contributed by atoms with E-state index < -0.39 is 5.97 Å². The number of para-hydroxylation sites is 1. The summed E-state index contributed by atoms with van der Waals surface area (Å²) in [5, 5.41) is 17.3. The summed E-state index contributed by atoms with van der Waals surface area (Å²) in [6, 6.07) is 11.1. The summed E-state index contributed by atoms with van der Waals surface area (Å²) < 4.78 is 0. The van der Waals surface area contributed by atoms with Gasteiger partial charge in [-0.05, 0) is 24.3 Å². The molecule has 9 heteroatoms. The Morgan fingerprint density at radius 1 is 1.19 bits per heavy atom. The van der Waals surface area contributed by atoms with E-state index in [-0.39, 0.29) is 12.3 Å². The minimum Gasteiger partial charge on any atom is -0.481 e. The summed E-state index contributed by atoms with van der Waals surface area (Å²) in [7, 11) is 0. The Hall–Kier alpha value is -2.42. The molecule has 0 aliphatic carbocycles. The van der Waals surface area contributed by atoms with Crippen LogP contribution in [-0.4, -0.2) is 22.0 Å². The van der Waals surface area contributed by atoms with Crippen LogP contribution in [0.15, 0.2) is 41.8 Å². The van der Waals surface area contributed by atoms with Crippen LogP contribution in [0.4, 0.5) is 10.8 Å². The van der Waals surface area contributed by atoms with Crippen LogP contribution in [0.1, 0.15) is 20.2 Å². The van der Waals surface area contributed by atoms with E-state index in [0.29, 0.717) is 27.3 Å². The van der Waals surface area contributed by atoms with Gasteiger partial charge in [-0.25, -0.2) is 4.98 Å². The molecular formula is C17H14ClN3O3S2. The first kappa shape index (κ1) is 18.4. The molecule has 2 heterocycles. The number of anilines is 2. The van der Waals surface area contributed by atoms with Crippen LogP contribution in [0, 0.1) is 0 Å². The van der Waals surface area contributed by atoms with Crippen LogP contribution in [-0.2, 0) is 17.8 Å². The van der Waals surface area contributed by atoms with Gasteiger partial charge in [-0.1, -0.05) is 23.7 Å². The molecule has 0 bridgehead atoms. The molecule has 0 aliphatic heterocycles. The van der Waals surface area contributed by atoms with Crippen LogP contribution in [0.3, 0.4) is 0 Å². The van der Waals surface area contributed by atoms with Crippen molar-refractivity contribution in [3.8, 4) is 0 Å². The van der Waals surface area contributed by atoms with Crippen LogP contribution in [0.25, 0.3) is 0 Å². The fourth-order valence-corrected chi connectivity index (χ4v) is 3.89. The predicted octanol–water partition coefficient (Wildman–Crippen LogP) is 4.35. The van der Waals surface area contributed by atoms with Gasteiger partial charge in [-0.2, -0.15) is 0 Å². The third kappa shape index (κ3) is 4.81. The number of nitrogens with zero attached hydrogens (tertiary/aromatic N) is 1. The number of thiophene rings is 1. The second-order valence-electron chi connectivity index (χ2n) is 5.27. The number of hydrogen-bond donors (Lipinski definition) is 3. The van der Waals surface area contributed by atoms with Crippen molar-refractivity contribution in [1.82, 2.24) is 4.98 Å². The molecule has 0 saturated heterocycles. The minimum atomic E-state index is -0.956. The molecule has 134 valence electrons. The zero-order valence-corrected chi connectivity index (χ0v) is 15.7. The van der Waals surface area contributed by atoms with Gasteiger partial charge in [0.2, 0.25) is 0 Å². The number of carbonyl (C=O) groups excluding carboxylic acids is 1. The van der Waals surface area contributed by atoms with Gasteiger partial charge in [-0.3, -0.25) is 14.9 Å². The Balaban J connectivity index is 1.58. The Bertz CT molecular complexity index is 939. The zero-order chi connectivity index (χ0) is 18.5. The van der Waals surface area contributed by atoms with Gasteiger partial charge in [0.25, 0.3) is 5.91 Å². The summed E-state index contributed by atoms with van der Waals surface area (Å²) >= 11 is 8.67. The number of carboxylic acids is 1. The van der Waals surface area contributed by atoms with Gasteiger partial charge < -0.3 is 10.4 Å². The van der Waals surface area contributed by atoms with E-state index in [2.05, 4.69) is 15.6 Å². The molecule has 0 atom stereocenters. The summed E-state index contributed by atoms with van der Waals surface area (Å²) in [6.45, 7) is 0.557. The number of carboxylic acid groups (broad SMARTS) is 1. The lowest BCUT2D eigenvalue weighted by molar-refractivity contribution is -0.136. The normalized spacial score (nSPS) is 10.5. The third-order valence-electron chi connectivity index (χ3n) is 3.32. The first-order valence-electron chi connectivity index (χ1n) is 7.56. The van der Waals surface area contributed by atoms with Crippen LogP contribution < -0.4 is 10.6 Å². The summed E-state index contributed by atoms with van der Waals surface area (Å²) in [5.74, 6) is -1.22. The number of hydrogen-bond acceptors (Lipinski definition) is 6. The average molecular weight is 408 g/mol. The number of aromatic nitrogens is 1. The molecule has 0 radical (unpaired) electrons. The maximum Gasteiger partial charge on any atom is 0.309 e. The van der Waals surface area contributed by atoms with Crippen molar-refractivity contribution in [2.45, 2.75) is 13.0 Å². The number of amides is 1. The predicted molar refractivity (Wildman–Crippen MR) is 105 cm³/mol. The molecule has 0 fully saturated rings. The standard InChI is InChI=1S/C17H14ClN3O3S2/c18-12-3-1-2-4-13(12)19-8-11-5-6-14(26-11)16(24)21-17-20-10(9-25-17)7-15(22)23/h1-6,9,19H,7-8H2,(H,22,23)(H,20,21,24). The minimum absolute atomic E-state index is 0.163. The molecule has 26 heavy (non-hydrogen) atoms. The van der Waals surface area contributed by atoms with Crippen molar-refractivity contribution in [3.05, 3.63) is 62.2 Å². The number of halogens is 1. The molecule has 0 spiro atoms. The highest BCUT2D eigenvalue weighted by atomic mass is 35.5. The molecule has 0 aliphatic rings. The van der Waals surface area contributed by atoms with E-state index in [0.717, 1.165) is 10.6 Å². The van der Waals surface area contributed by atoms with Gasteiger partial charge in [-0.15, -0.1) is 22.7 Å². The third-order valence-corrected chi connectivity index (χ3v) is 5.54. The number of aliphatic carboxylic acids is 1. The highest BCUT2D eigenvalue weighted by Crippen LogP contribution is 2.24. The van der Waals surface area contributed by atoms with Gasteiger partial charge >= 0.3 is 5.97 Å². The molecule has 3 N–H and O–H groups in total. The first-order chi connectivity index (χ1) is 12.5. The van der Waals surface area contributed by atoms with Crippen LogP contribution in [0.5, 0.6) is 0 Å². The van der Waals surface area contributed by atoms with E-state index in [1.807, 2.05) is 30.3 Å². The zero-order valence-electron chi connectivity index (χ0n) is 13.4. The molecule has 0 saturated carbocycles. The number of thiazole rings is 1. The maximum absolute atomic E-state index is 12.3. The Kier molecular flexibility index (Phi) is 5.87. The smallest absolute Gasteiger partial charge is 0.309 e. The van der Waals surface area contributed by atoms with Gasteiger partial charge in [0.15, 0.2) is 5.13 Å². The Morgan fingerprint density at radius 3 is 2.77 bits per heavy atom. The lowest BCUT2D eigenvalue weighted by Crippen LogP contribution is -2.10. The second-order valence-corrected chi connectivity index (χ2v) is 7.70. The van der Waals surface area contributed by atoms with E-state index in [4.69, 9.17) is 16.7 Å². The monoisotopic (exact) mass is 407 g/mol. The van der Waals surface area contributed by atoms with E-state index in [1.165, 1.54) is 22.7 Å². The number of rotatable bonds is 7. The SMILES string of the molecule is O=C(O)Cc1csc(NC(=O)c2ccc(CNc3ccccc3Cl)s2)n1. The largest absolute Gasteiger partial charge is 0.481 e. The van der Waals surface area contributed by atoms with E-state index in [9.17, 15) is 9.59 Å². The maximum atomic E-state index is 12.3. The van der Waals surface area contributed by atoms with Gasteiger partial charge in [0.05, 0.1) is 27.7 Å². The summed E-state index contributed by atoms with van der Waals surface area (Å²) in [4.78, 5) is 28.6.